The molecule has 3 N–H and O–H groups in total. The summed E-state index contributed by atoms with van der Waals surface area (Å²) in [7, 11) is 0. The SMILES string of the molecule is OCCC1(O)C=CC(O)C=C1. The maximum absolute atomic E-state index is 9.54. The molecule has 0 saturated heterocycles. The standard InChI is InChI=1S/C8H12O3/c9-6-5-8(11)3-1-7(10)2-4-8/h1-4,7,9-11H,5-6H2. The molecule has 0 bridgehead atoms. The third kappa shape index (κ3) is 2.15. The maximum Gasteiger partial charge on any atom is 0.103 e. The summed E-state index contributed by atoms with van der Waals surface area (Å²) in [6.07, 6.45) is 5.65. The lowest BCUT2D eigenvalue weighted by atomic mass is 9.94. The average molecular weight is 156 g/mol. The Morgan fingerprint density at radius 3 is 2.27 bits per heavy atom. The first-order valence-corrected chi connectivity index (χ1v) is 3.56. The molecule has 1 rings (SSSR count). The molecule has 0 aromatic heterocycles. The van der Waals surface area contributed by atoms with Gasteiger partial charge in [0.05, 0.1) is 6.10 Å². The van der Waals surface area contributed by atoms with Gasteiger partial charge in [0, 0.05) is 13.0 Å². The highest BCUT2D eigenvalue weighted by Crippen LogP contribution is 2.18. The molecule has 0 fully saturated rings. The quantitative estimate of drug-likeness (QED) is 0.476. The van der Waals surface area contributed by atoms with Gasteiger partial charge in [-0.1, -0.05) is 24.3 Å². The Balaban J connectivity index is 2.61. The molecule has 0 atom stereocenters. The van der Waals surface area contributed by atoms with Crippen LogP contribution in [-0.4, -0.2) is 33.6 Å². The lowest BCUT2D eigenvalue weighted by Crippen LogP contribution is -2.27. The van der Waals surface area contributed by atoms with Crippen LogP contribution in [0.25, 0.3) is 0 Å². The van der Waals surface area contributed by atoms with Gasteiger partial charge in [-0.25, -0.2) is 0 Å². The summed E-state index contributed by atoms with van der Waals surface area (Å²) in [6.45, 7) is -0.0682. The molecule has 0 aromatic rings. The van der Waals surface area contributed by atoms with Crippen LogP contribution in [0.4, 0.5) is 0 Å². The second-order valence-electron chi connectivity index (χ2n) is 2.67. The van der Waals surface area contributed by atoms with Crippen molar-refractivity contribution < 1.29 is 15.3 Å². The normalized spacial score (nSPS) is 36.1. The van der Waals surface area contributed by atoms with E-state index < -0.39 is 11.7 Å². The molecule has 0 radical (unpaired) electrons. The van der Waals surface area contributed by atoms with Crippen LogP contribution in [0, 0.1) is 0 Å². The molecule has 3 nitrogen and oxygen atoms in total. The minimum absolute atomic E-state index is 0.0682. The Kier molecular flexibility index (Phi) is 2.44. The third-order valence-corrected chi connectivity index (χ3v) is 1.68. The molecule has 62 valence electrons. The number of aliphatic hydroxyl groups is 3. The first kappa shape index (κ1) is 8.46. The fourth-order valence-electron chi connectivity index (χ4n) is 0.996. The van der Waals surface area contributed by atoms with E-state index in [9.17, 15) is 5.11 Å². The molecule has 1 aliphatic rings. The largest absolute Gasteiger partial charge is 0.396 e. The predicted molar refractivity (Wildman–Crippen MR) is 40.9 cm³/mol. The van der Waals surface area contributed by atoms with Crippen molar-refractivity contribution in [2.75, 3.05) is 6.61 Å². The molecule has 0 amide bonds. The number of hydrogen-bond acceptors (Lipinski definition) is 3. The minimum Gasteiger partial charge on any atom is -0.396 e. The van der Waals surface area contributed by atoms with Crippen LogP contribution in [-0.2, 0) is 0 Å². The minimum atomic E-state index is -1.06. The summed E-state index contributed by atoms with van der Waals surface area (Å²) in [5.41, 5.74) is -1.06. The highest BCUT2D eigenvalue weighted by atomic mass is 16.3. The van der Waals surface area contributed by atoms with Crippen LogP contribution in [0.2, 0.25) is 0 Å². The van der Waals surface area contributed by atoms with Crippen LogP contribution in [0.5, 0.6) is 0 Å². The van der Waals surface area contributed by atoms with E-state index in [4.69, 9.17) is 10.2 Å². The van der Waals surface area contributed by atoms with Crippen LogP contribution in [0.3, 0.4) is 0 Å². The van der Waals surface area contributed by atoms with Crippen molar-refractivity contribution >= 4 is 0 Å². The number of aliphatic hydroxyl groups excluding tert-OH is 2. The molecule has 0 unspecified atom stereocenters. The van der Waals surface area contributed by atoms with Crippen molar-refractivity contribution in [2.24, 2.45) is 0 Å². The first-order valence-electron chi connectivity index (χ1n) is 3.56. The maximum atomic E-state index is 9.54. The van der Waals surface area contributed by atoms with Crippen LogP contribution >= 0.6 is 0 Å². The summed E-state index contributed by atoms with van der Waals surface area (Å²) >= 11 is 0. The van der Waals surface area contributed by atoms with Crippen molar-refractivity contribution in [3.05, 3.63) is 24.3 Å². The van der Waals surface area contributed by atoms with Gasteiger partial charge in [0.25, 0.3) is 0 Å². The van der Waals surface area contributed by atoms with E-state index in [1.807, 2.05) is 0 Å². The smallest absolute Gasteiger partial charge is 0.103 e. The Morgan fingerprint density at radius 2 is 1.82 bits per heavy atom. The van der Waals surface area contributed by atoms with E-state index >= 15 is 0 Å². The van der Waals surface area contributed by atoms with Gasteiger partial charge in [-0.3, -0.25) is 0 Å². The van der Waals surface area contributed by atoms with E-state index in [0.29, 0.717) is 0 Å². The first-order chi connectivity index (χ1) is 5.16. The van der Waals surface area contributed by atoms with Gasteiger partial charge in [-0.05, 0) is 0 Å². The highest BCUT2D eigenvalue weighted by Gasteiger charge is 2.21. The van der Waals surface area contributed by atoms with Crippen molar-refractivity contribution in [1.82, 2.24) is 0 Å². The van der Waals surface area contributed by atoms with Crippen molar-refractivity contribution in [3.8, 4) is 0 Å². The van der Waals surface area contributed by atoms with Gasteiger partial charge in [0.2, 0.25) is 0 Å². The summed E-state index contributed by atoms with van der Waals surface area (Å²) in [5, 5.41) is 27.1. The second kappa shape index (κ2) is 3.17. The van der Waals surface area contributed by atoms with Gasteiger partial charge in [0.1, 0.15) is 5.60 Å². The lowest BCUT2D eigenvalue weighted by Gasteiger charge is -2.22. The molecular weight excluding hydrogens is 144 g/mol. The second-order valence-corrected chi connectivity index (χ2v) is 2.67. The Morgan fingerprint density at radius 1 is 1.27 bits per heavy atom. The molecular formula is C8H12O3. The van der Waals surface area contributed by atoms with Crippen LogP contribution < -0.4 is 0 Å². The molecule has 0 heterocycles. The van der Waals surface area contributed by atoms with E-state index in [0.717, 1.165) is 0 Å². The van der Waals surface area contributed by atoms with Crippen molar-refractivity contribution in [1.29, 1.82) is 0 Å². The van der Waals surface area contributed by atoms with Gasteiger partial charge < -0.3 is 15.3 Å². The predicted octanol–water partition coefficient (Wildman–Crippen LogP) is -0.413. The summed E-state index contributed by atoms with van der Waals surface area (Å²) < 4.78 is 0. The van der Waals surface area contributed by atoms with Gasteiger partial charge in [0.15, 0.2) is 0 Å². The zero-order valence-electron chi connectivity index (χ0n) is 6.14. The Labute approximate surface area is 65.3 Å². The lowest BCUT2D eigenvalue weighted by molar-refractivity contribution is 0.0995. The average Bonchev–Trinajstić information content (AvgIpc) is 1.97. The summed E-state index contributed by atoms with van der Waals surface area (Å²) in [5.74, 6) is 0. The van der Waals surface area contributed by atoms with E-state index in [1.54, 1.807) is 0 Å². The molecule has 1 aliphatic carbocycles. The van der Waals surface area contributed by atoms with E-state index in [2.05, 4.69) is 0 Å². The molecule has 0 saturated carbocycles. The fraction of sp³-hybridized carbons (Fsp3) is 0.500. The van der Waals surface area contributed by atoms with Crippen LogP contribution in [0.15, 0.2) is 24.3 Å². The highest BCUT2D eigenvalue weighted by molar-refractivity contribution is 5.22. The molecule has 11 heavy (non-hydrogen) atoms. The monoisotopic (exact) mass is 156 g/mol. The summed E-state index contributed by atoms with van der Waals surface area (Å²) in [6, 6.07) is 0. The van der Waals surface area contributed by atoms with Crippen LogP contribution in [0.1, 0.15) is 6.42 Å². The Bertz CT molecular complexity index is 170. The van der Waals surface area contributed by atoms with Crippen molar-refractivity contribution in [2.45, 2.75) is 18.1 Å². The van der Waals surface area contributed by atoms with Gasteiger partial charge in [-0.2, -0.15) is 0 Å². The zero-order valence-corrected chi connectivity index (χ0v) is 6.14. The topological polar surface area (TPSA) is 60.7 Å². The zero-order chi connectivity index (χ0) is 8.32. The van der Waals surface area contributed by atoms with E-state index in [1.165, 1.54) is 24.3 Å². The third-order valence-electron chi connectivity index (χ3n) is 1.68. The molecule has 0 aliphatic heterocycles. The van der Waals surface area contributed by atoms with Gasteiger partial charge >= 0.3 is 0 Å². The Hall–Kier alpha value is -0.640. The van der Waals surface area contributed by atoms with E-state index in [-0.39, 0.29) is 13.0 Å². The molecule has 0 spiro atoms. The number of rotatable bonds is 2. The summed E-state index contributed by atoms with van der Waals surface area (Å²) in [4.78, 5) is 0. The fourth-order valence-corrected chi connectivity index (χ4v) is 0.996. The van der Waals surface area contributed by atoms with Crippen molar-refractivity contribution in [3.63, 3.8) is 0 Å². The van der Waals surface area contributed by atoms with Gasteiger partial charge in [-0.15, -0.1) is 0 Å². The molecule has 0 aromatic carbocycles. The number of hydrogen-bond donors (Lipinski definition) is 3. The molecule has 3 heteroatoms.